The predicted octanol–water partition coefficient (Wildman–Crippen LogP) is 4.64. The van der Waals surface area contributed by atoms with Crippen LogP contribution in [-0.2, 0) is 0 Å². The summed E-state index contributed by atoms with van der Waals surface area (Å²) in [6.45, 7) is 0. The number of carbonyl (C=O) groups excluding carboxylic acids is 2. The summed E-state index contributed by atoms with van der Waals surface area (Å²) < 4.78 is 5.08. The molecule has 0 radical (unpaired) electrons. The number of hydrogen-bond donors (Lipinski definition) is 2. The molecule has 1 atom stereocenters. The Morgan fingerprint density at radius 3 is 2.38 bits per heavy atom. The molecule has 26 heavy (non-hydrogen) atoms. The molecule has 1 amide bonds. The lowest BCUT2D eigenvalue weighted by molar-refractivity contribution is 0.0853. The Bertz CT molecular complexity index is 912. The van der Waals surface area contributed by atoms with Crippen molar-refractivity contribution in [3.63, 3.8) is 0 Å². The van der Waals surface area contributed by atoms with Gasteiger partial charge in [0.25, 0.3) is 5.91 Å². The molecule has 3 rings (SSSR count). The maximum Gasteiger partial charge on any atom is 0.288 e. The molecule has 0 aliphatic carbocycles. The summed E-state index contributed by atoms with van der Waals surface area (Å²) in [6, 6.07) is 16.5. The summed E-state index contributed by atoms with van der Waals surface area (Å²) in [6.07, 6.45) is 0.334. The molecule has 2 N–H and O–H groups in total. The molecule has 0 aliphatic heterocycles. The smallest absolute Gasteiger partial charge is 0.288 e. The molecule has 5 nitrogen and oxygen atoms in total. The van der Waals surface area contributed by atoms with E-state index in [0.717, 1.165) is 0 Å². The minimum Gasteiger partial charge on any atom is -0.459 e. The summed E-state index contributed by atoms with van der Waals surface area (Å²) >= 11 is 12.1. The first-order valence-corrected chi connectivity index (χ1v) is 8.45. The van der Waals surface area contributed by atoms with Crippen molar-refractivity contribution in [2.24, 2.45) is 0 Å². The van der Waals surface area contributed by atoms with Crippen molar-refractivity contribution in [3.8, 4) is 0 Å². The average Bonchev–Trinajstić information content (AvgIpc) is 3.18. The molecule has 1 unspecified atom stereocenters. The molecule has 3 aromatic rings. The van der Waals surface area contributed by atoms with Crippen LogP contribution in [0.4, 0.5) is 5.69 Å². The zero-order valence-electron chi connectivity index (χ0n) is 13.4. The number of ketones is 1. The van der Waals surface area contributed by atoms with Gasteiger partial charge in [0.1, 0.15) is 0 Å². The van der Waals surface area contributed by atoms with E-state index >= 15 is 0 Å². The van der Waals surface area contributed by atoms with Crippen LogP contribution in [0.15, 0.2) is 71.3 Å². The van der Waals surface area contributed by atoms with Crippen LogP contribution >= 0.6 is 23.2 Å². The Kier molecular flexibility index (Phi) is 5.61. The Balaban J connectivity index is 1.87. The van der Waals surface area contributed by atoms with Gasteiger partial charge in [0.2, 0.25) is 5.78 Å². The molecule has 7 heteroatoms. The molecule has 0 spiro atoms. The van der Waals surface area contributed by atoms with E-state index in [2.05, 4.69) is 10.6 Å². The first-order valence-electron chi connectivity index (χ1n) is 7.70. The lowest BCUT2D eigenvalue weighted by atomic mass is 10.1. The van der Waals surface area contributed by atoms with Gasteiger partial charge in [0, 0.05) is 10.6 Å². The number of halogens is 2. The number of carbonyl (C=O) groups is 2. The van der Waals surface area contributed by atoms with Crippen LogP contribution in [0.1, 0.15) is 20.9 Å². The van der Waals surface area contributed by atoms with Gasteiger partial charge in [-0.25, -0.2) is 0 Å². The topological polar surface area (TPSA) is 71.3 Å². The molecule has 1 aromatic heterocycles. The van der Waals surface area contributed by atoms with Crippen molar-refractivity contribution < 1.29 is 14.0 Å². The third-order valence-corrected chi connectivity index (χ3v) is 4.12. The van der Waals surface area contributed by atoms with Crippen LogP contribution in [0.5, 0.6) is 0 Å². The predicted molar refractivity (Wildman–Crippen MR) is 101 cm³/mol. The second kappa shape index (κ2) is 8.08. The first-order chi connectivity index (χ1) is 12.5. The highest BCUT2D eigenvalue weighted by Crippen LogP contribution is 2.26. The zero-order chi connectivity index (χ0) is 18.5. The highest BCUT2D eigenvalue weighted by atomic mass is 35.5. The normalized spacial score (nSPS) is 11.6. The number of benzene rings is 2. The lowest BCUT2D eigenvalue weighted by Gasteiger charge is -2.20. The zero-order valence-corrected chi connectivity index (χ0v) is 14.9. The number of Topliss-reactive ketones (excluding diaryl/α,β-unsaturated/α-hetero) is 1. The number of rotatable bonds is 6. The third-order valence-electron chi connectivity index (χ3n) is 3.57. The van der Waals surface area contributed by atoms with E-state index < -0.39 is 12.1 Å². The monoisotopic (exact) mass is 388 g/mol. The van der Waals surface area contributed by atoms with Gasteiger partial charge in [0.05, 0.1) is 17.0 Å². The maximum absolute atomic E-state index is 12.9. The Hall–Kier alpha value is -2.76. The number of amides is 1. The molecule has 2 aromatic carbocycles. The summed E-state index contributed by atoms with van der Waals surface area (Å²) in [5, 5.41) is 6.37. The highest BCUT2D eigenvalue weighted by Gasteiger charge is 2.24. The van der Waals surface area contributed by atoms with E-state index in [1.54, 1.807) is 54.6 Å². The van der Waals surface area contributed by atoms with Crippen LogP contribution in [0.3, 0.4) is 0 Å². The standard InChI is InChI=1S/C19H14Cl2N2O3/c20-13-8-9-15(14(21)11-13)22-18(17(24)12-5-2-1-3-6-12)23-19(25)16-7-4-10-26-16/h1-11,18,22H,(H,23,25). The summed E-state index contributed by atoms with van der Waals surface area (Å²) in [7, 11) is 0. The van der Waals surface area contributed by atoms with Crippen molar-refractivity contribution >= 4 is 40.6 Å². The second-order valence-corrected chi connectivity index (χ2v) is 6.23. The van der Waals surface area contributed by atoms with Crippen LogP contribution in [0.2, 0.25) is 10.0 Å². The van der Waals surface area contributed by atoms with Gasteiger partial charge >= 0.3 is 0 Å². The fourth-order valence-electron chi connectivity index (χ4n) is 2.31. The maximum atomic E-state index is 12.9. The van der Waals surface area contributed by atoms with Crippen molar-refractivity contribution in [2.45, 2.75) is 6.17 Å². The Morgan fingerprint density at radius 1 is 0.962 bits per heavy atom. The molecule has 0 saturated heterocycles. The van der Waals surface area contributed by atoms with Crippen LogP contribution in [-0.4, -0.2) is 17.9 Å². The molecule has 0 saturated carbocycles. The number of nitrogens with one attached hydrogen (secondary N) is 2. The second-order valence-electron chi connectivity index (χ2n) is 5.38. The van der Waals surface area contributed by atoms with Gasteiger partial charge in [-0.3, -0.25) is 9.59 Å². The number of anilines is 1. The molecule has 0 bridgehead atoms. The minimum absolute atomic E-state index is 0.0971. The fourth-order valence-corrected chi connectivity index (χ4v) is 2.77. The van der Waals surface area contributed by atoms with Gasteiger partial charge < -0.3 is 15.1 Å². The van der Waals surface area contributed by atoms with Gasteiger partial charge in [-0.15, -0.1) is 0 Å². The fraction of sp³-hybridized carbons (Fsp3) is 0.0526. The lowest BCUT2D eigenvalue weighted by Crippen LogP contribution is -2.46. The summed E-state index contributed by atoms with van der Waals surface area (Å²) in [5.74, 6) is -0.752. The molecular weight excluding hydrogens is 375 g/mol. The largest absolute Gasteiger partial charge is 0.459 e. The first kappa shape index (κ1) is 18.0. The van der Waals surface area contributed by atoms with Gasteiger partial charge in [-0.05, 0) is 30.3 Å². The van der Waals surface area contributed by atoms with Crippen molar-refractivity contribution in [3.05, 3.63) is 88.3 Å². The molecule has 0 fully saturated rings. The number of furan rings is 1. The van der Waals surface area contributed by atoms with E-state index in [1.165, 1.54) is 12.3 Å². The van der Waals surface area contributed by atoms with E-state index in [-0.39, 0.29) is 11.5 Å². The highest BCUT2D eigenvalue weighted by molar-refractivity contribution is 6.36. The Morgan fingerprint density at radius 2 is 1.73 bits per heavy atom. The van der Waals surface area contributed by atoms with Crippen molar-refractivity contribution in [1.29, 1.82) is 0 Å². The van der Waals surface area contributed by atoms with Crippen molar-refractivity contribution in [1.82, 2.24) is 5.32 Å². The summed E-state index contributed by atoms with van der Waals surface area (Å²) in [5.41, 5.74) is 0.903. The average molecular weight is 389 g/mol. The molecule has 0 aliphatic rings. The van der Waals surface area contributed by atoms with Crippen LogP contribution < -0.4 is 10.6 Å². The summed E-state index contributed by atoms with van der Waals surface area (Å²) in [4.78, 5) is 25.2. The van der Waals surface area contributed by atoms with E-state index in [9.17, 15) is 9.59 Å². The SMILES string of the molecule is O=C(NC(Nc1ccc(Cl)cc1Cl)C(=O)c1ccccc1)c1ccco1. The van der Waals surface area contributed by atoms with E-state index in [4.69, 9.17) is 27.6 Å². The van der Waals surface area contributed by atoms with Gasteiger partial charge in [0.15, 0.2) is 11.9 Å². The Labute approximate surface area is 159 Å². The van der Waals surface area contributed by atoms with Gasteiger partial charge in [-0.1, -0.05) is 53.5 Å². The number of hydrogen-bond acceptors (Lipinski definition) is 4. The molecule has 132 valence electrons. The third kappa shape index (κ3) is 4.25. The van der Waals surface area contributed by atoms with Crippen LogP contribution in [0.25, 0.3) is 0 Å². The quantitative estimate of drug-likeness (QED) is 0.476. The van der Waals surface area contributed by atoms with Crippen molar-refractivity contribution in [2.75, 3.05) is 5.32 Å². The van der Waals surface area contributed by atoms with E-state index in [1.807, 2.05) is 0 Å². The minimum atomic E-state index is -1.05. The molecular formula is C19H14Cl2N2O3. The molecule has 1 heterocycles. The van der Waals surface area contributed by atoms with E-state index in [0.29, 0.717) is 21.3 Å². The van der Waals surface area contributed by atoms with Crippen LogP contribution in [0, 0.1) is 0 Å². The van der Waals surface area contributed by atoms with Gasteiger partial charge in [-0.2, -0.15) is 0 Å².